The van der Waals surface area contributed by atoms with Gasteiger partial charge in [-0.15, -0.1) is 0 Å². The molecule has 13 heavy (non-hydrogen) atoms. The highest BCUT2D eigenvalue weighted by Crippen LogP contribution is 2.30. The van der Waals surface area contributed by atoms with Crippen LogP contribution in [0.5, 0.6) is 0 Å². The van der Waals surface area contributed by atoms with Gasteiger partial charge in [0.15, 0.2) is 6.29 Å². The lowest BCUT2D eigenvalue weighted by atomic mass is 9.94. The normalized spacial score (nSPS) is 24.0. The van der Waals surface area contributed by atoms with E-state index in [-0.39, 0.29) is 6.29 Å². The molecule has 1 aliphatic rings. The Labute approximate surface area is 80.4 Å². The van der Waals surface area contributed by atoms with Gasteiger partial charge in [-0.3, -0.25) is 0 Å². The van der Waals surface area contributed by atoms with Gasteiger partial charge >= 0.3 is 0 Å². The van der Waals surface area contributed by atoms with Crippen molar-refractivity contribution >= 4 is 0 Å². The fourth-order valence-electron chi connectivity index (χ4n) is 1.73. The van der Waals surface area contributed by atoms with Gasteiger partial charge in [0, 0.05) is 20.1 Å². The molecular weight excluding hydrogens is 168 g/mol. The van der Waals surface area contributed by atoms with Gasteiger partial charge in [-0.1, -0.05) is 13.8 Å². The molecule has 0 bridgehead atoms. The van der Waals surface area contributed by atoms with E-state index >= 15 is 0 Å². The highest BCUT2D eigenvalue weighted by molar-refractivity contribution is 4.82. The fraction of sp³-hybridized carbons (Fsp3) is 1.00. The molecule has 0 N–H and O–H groups in total. The number of rotatable bonds is 6. The first-order chi connectivity index (χ1) is 6.19. The Morgan fingerprint density at radius 2 is 1.85 bits per heavy atom. The predicted molar refractivity (Wildman–Crippen MR) is 50.5 cm³/mol. The Morgan fingerprint density at radius 3 is 2.15 bits per heavy atom. The molecule has 0 saturated carbocycles. The van der Waals surface area contributed by atoms with E-state index in [1.165, 1.54) is 0 Å². The zero-order valence-electron chi connectivity index (χ0n) is 8.95. The molecule has 1 aliphatic heterocycles. The molecule has 0 aromatic rings. The van der Waals surface area contributed by atoms with Crippen LogP contribution >= 0.6 is 0 Å². The van der Waals surface area contributed by atoms with Gasteiger partial charge in [-0.25, -0.2) is 0 Å². The lowest BCUT2D eigenvalue weighted by molar-refractivity contribution is -0.145. The molecule has 0 unspecified atom stereocenters. The van der Waals surface area contributed by atoms with Crippen LogP contribution < -0.4 is 0 Å². The van der Waals surface area contributed by atoms with Crippen molar-refractivity contribution in [1.82, 2.24) is 0 Å². The molecule has 3 nitrogen and oxygen atoms in total. The Balaban J connectivity index is 2.44. The lowest BCUT2D eigenvalue weighted by Gasteiger charge is -2.24. The molecule has 0 radical (unpaired) electrons. The Morgan fingerprint density at radius 1 is 1.31 bits per heavy atom. The minimum Gasteiger partial charge on any atom is -0.373 e. The van der Waals surface area contributed by atoms with Crippen LogP contribution in [0.15, 0.2) is 0 Å². The Kier molecular flexibility index (Phi) is 4.16. The van der Waals surface area contributed by atoms with Crippen molar-refractivity contribution in [2.45, 2.75) is 32.7 Å². The van der Waals surface area contributed by atoms with E-state index in [0.29, 0.717) is 17.9 Å². The van der Waals surface area contributed by atoms with Crippen molar-refractivity contribution < 1.29 is 14.2 Å². The van der Waals surface area contributed by atoms with E-state index < -0.39 is 0 Å². The molecule has 3 heteroatoms. The quantitative estimate of drug-likeness (QED) is 0.469. The summed E-state index contributed by atoms with van der Waals surface area (Å²) >= 11 is 0. The van der Waals surface area contributed by atoms with E-state index in [2.05, 4.69) is 13.8 Å². The number of hydrogen-bond acceptors (Lipinski definition) is 3. The molecular formula is C10H20O3. The first-order valence-corrected chi connectivity index (χ1v) is 4.86. The summed E-state index contributed by atoms with van der Waals surface area (Å²) < 4.78 is 15.8. The van der Waals surface area contributed by atoms with Crippen molar-refractivity contribution in [3.05, 3.63) is 0 Å². The van der Waals surface area contributed by atoms with Crippen molar-refractivity contribution in [2.75, 3.05) is 20.8 Å². The summed E-state index contributed by atoms with van der Waals surface area (Å²) in [7, 11) is 3.37. The maximum atomic E-state index is 5.30. The third-order valence-electron chi connectivity index (χ3n) is 2.39. The maximum absolute atomic E-state index is 5.30. The predicted octanol–water partition coefficient (Wildman–Crippen LogP) is 1.67. The van der Waals surface area contributed by atoms with Crippen molar-refractivity contribution in [3.8, 4) is 0 Å². The molecule has 0 aromatic carbocycles. The molecule has 1 rings (SSSR count). The van der Waals surface area contributed by atoms with Crippen molar-refractivity contribution in [1.29, 1.82) is 0 Å². The zero-order chi connectivity index (χ0) is 9.84. The molecule has 0 amide bonds. The maximum Gasteiger partial charge on any atom is 0.162 e. The second-order valence-corrected chi connectivity index (χ2v) is 4.00. The van der Waals surface area contributed by atoms with Crippen molar-refractivity contribution in [3.63, 3.8) is 0 Å². The zero-order valence-corrected chi connectivity index (χ0v) is 8.95. The van der Waals surface area contributed by atoms with Crippen LogP contribution in [-0.2, 0) is 14.2 Å². The summed E-state index contributed by atoms with van der Waals surface area (Å²) in [6.45, 7) is 5.27. The first kappa shape index (κ1) is 11.0. The number of methoxy groups -OCH3 is 2. The van der Waals surface area contributed by atoms with Crippen LogP contribution in [0.1, 0.15) is 20.3 Å². The minimum absolute atomic E-state index is 0.116. The topological polar surface area (TPSA) is 31.0 Å². The number of ether oxygens (including phenoxy) is 3. The molecule has 0 spiro atoms. The molecule has 0 aliphatic carbocycles. The van der Waals surface area contributed by atoms with Gasteiger partial charge in [0.2, 0.25) is 0 Å². The summed E-state index contributed by atoms with van der Waals surface area (Å²) in [6.07, 6.45) is 1.33. The van der Waals surface area contributed by atoms with E-state index in [9.17, 15) is 0 Å². The van der Waals surface area contributed by atoms with Gasteiger partial charge in [-0.05, 0) is 12.3 Å². The third kappa shape index (κ3) is 3.25. The Hall–Kier alpha value is -0.120. The second-order valence-electron chi connectivity index (χ2n) is 4.00. The van der Waals surface area contributed by atoms with E-state index in [4.69, 9.17) is 14.2 Å². The Bertz CT molecular complexity index is 139. The average Bonchev–Trinajstić information content (AvgIpc) is 2.86. The molecule has 78 valence electrons. The molecule has 1 heterocycles. The van der Waals surface area contributed by atoms with E-state index in [1.54, 1.807) is 14.2 Å². The molecule has 0 aromatic heterocycles. The monoisotopic (exact) mass is 188 g/mol. The SMILES string of the molecule is COC(OC)[C@@H](CC(C)C)[C@@H]1CO1. The van der Waals surface area contributed by atoms with Gasteiger partial charge in [0.25, 0.3) is 0 Å². The van der Waals surface area contributed by atoms with Gasteiger partial charge in [0.1, 0.15) is 0 Å². The molecule has 2 atom stereocenters. The summed E-state index contributed by atoms with van der Waals surface area (Å²) in [6, 6.07) is 0. The lowest BCUT2D eigenvalue weighted by Crippen LogP contribution is -2.30. The number of epoxide rings is 1. The van der Waals surface area contributed by atoms with Crippen LogP contribution in [0, 0.1) is 11.8 Å². The van der Waals surface area contributed by atoms with Crippen molar-refractivity contribution in [2.24, 2.45) is 11.8 Å². The largest absolute Gasteiger partial charge is 0.373 e. The van der Waals surface area contributed by atoms with E-state index in [0.717, 1.165) is 13.0 Å². The molecule has 1 saturated heterocycles. The van der Waals surface area contributed by atoms with Crippen LogP contribution in [-0.4, -0.2) is 33.2 Å². The van der Waals surface area contributed by atoms with Crippen LogP contribution in [0.2, 0.25) is 0 Å². The van der Waals surface area contributed by atoms with Gasteiger partial charge < -0.3 is 14.2 Å². The fourth-order valence-corrected chi connectivity index (χ4v) is 1.73. The minimum atomic E-state index is -0.116. The van der Waals surface area contributed by atoms with Crippen LogP contribution in [0.25, 0.3) is 0 Å². The summed E-state index contributed by atoms with van der Waals surface area (Å²) in [5, 5.41) is 0. The summed E-state index contributed by atoms with van der Waals surface area (Å²) in [5.74, 6) is 1.04. The van der Waals surface area contributed by atoms with Gasteiger partial charge in [0.05, 0.1) is 12.7 Å². The van der Waals surface area contributed by atoms with E-state index in [1.807, 2.05) is 0 Å². The standard InChI is InChI=1S/C10H20O3/c1-7(2)5-8(9-6-13-9)10(11-3)12-4/h7-10H,5-6H2,1-4H3/t8-,9-/m0/s1. The summed E-state index contributed by atoms with van der Waals surface area (Å²) in [4.78, 5) is 0. The smallest absolute Gasteiger partial charge is 0.162 e. The second kappa shape index (κ2) is 4.94. The summed E-state index contributed by atoms with van der Waals surface area (Å²) in [5.41, 5.74) is 0. The highest BCUT2D eigenvalue weighted by atomic mass is 16.7. The molecule has 1 fully saturated rings. The first-order valence-electron chi connectivity index (χ1n) is 4.86. The average molecular weight is 188 g/mol. The number of hydrogen-bond donors (Lipinski definition) is 0. The van der Waals surface area contributed by atoms with Crippen LogP contribution in [0.3, 0.4) is 0 Å². The van der Waals surface area contributed by atoms with Gasteiger partial charge in [-0.2, -0.15) is 0 Å². The third-order valence-corrected chi connectivity index (χ3v) is 2.39. The highest BCUT2D eigenvalue weighted by Gasteiger charge is 2.38. The van der Waals surface area contributed by atoms with Crippen LogP contribution in [0.4, 0.5) is 0 Å².